The van der Waals surface area contributed by atoms with Crippen LogP contribution in [0.15, 0.2) is 0 Å². The highest BCUT2D eigenvalue weighted by Gasteiger charge is 2.16. The normalized spacial score (nSPS) is 18.7. The van der Waals surface area contributed by atoms with Crippen molar-refractivity contribution in [1.29, 1.82) is 0 Å². The molecule has 0 amide bonds. The molecule has 0 saturated carbocycles. The van der Waals surface area contributed by atoms with Gasteiger partial charge in [-0.2, -0.15) is 26.7 Å². The first-order valence-corrected chi connectivity index (χ1v) is 7.35. The Morgan fingerprint density at radius 3 is 2.83 bits per heavy atom. The summed E-state index contributed by atoms with van der Waals surface area (Å²) in [6.45, 7) is 3.36. The number of hydrogen-bond acceptors (Lipinski definition) is 7. The first-order valence-electron chi connectivity index (χ1n) is 6.20. The monoisotopic (exact) mass is 269 g/mol. The third-order valence-electron chi connectivity index (χ3n) is 2.68. The lowest BCUT2D eigenvalue weighted by atomic mass is 10.1. The van der Waals surface area contributed by atoms with E-state index in [0.717, 1.165) is 6.54 Å². The van der Waals surface area contributed by atoms with Gasteiger partial charge in [0, 0.05) is 13.6 Å². The molecule has 7 heteroatoms. The molecule has 0 spiro atoms. The van der Waals surface area contributed by atoms with Crippen LogP contribution in [-0.4, -0.2) is 46.7 Å². The maximum Gasteiger partial charge on any atom is 0.323 e. The fraction of sp³-hybridized carbons (Fsp3) is 0.727. The Labute approximate surface area is 111 Å². The minimum absolute atomic E-state index is 0.361. The van der Waals surface area contributed by atoms with E-state index < -0.39 is 0 Å². The van der Waals surface area contributed by atoms with Crippen LogP contribution in [0.4, 0.5) is 11.9 Å². The molecule has 0 aromatic carbocycles. The second kappa shape index (κ2) is 6.63. The molecule has 0 bridgehead atoms. The summed E-state index contributed by atoms with van der Waals surface area (Å²) in [4.78, 5) is 12.6. The fourth-order valence-corrected chi connectivity index (χ4v) is 3.01. The molecule has 1 aromatic heterocycles. The van der Waals surface area contributed by atoms with E-state index in [-0.39, 0.29) is 0 Å². The molecule has 1 saturated heterocycles. The average molecular weight is 269 g/mol. The summed E-state index contributed by atoms with van der Waals surface area (Å²) >= 11 is 2.01. The van der Waals surface area contributed by atoms with E-state index in [0.29, 0.717) is 30.4 Å². The number of rotatable bonds is 6. The summed E-state index contributed by atoms with van der Waals surface area (Å²) < 4.78 is 5.31. The standard InChI is InChI=1S/C11H19N5OS/c1-3-17-11-15-9(12-2)14-10(16-11)13-6-8-4-5-18-7-8/h8H,3-7H2,1-2H3,(H2,12,13,14,15,16). The molecule has 6 nitrogen and oxygen atoms in total. The van der Waals surface area contributed by atoms with Crippen molar-refractivity contribution in [2.75, 3.05) is 42.3 Å². The van der Waals surface area contributed by atoms with Gasteiger partial charge in [-0.05, 0) is 30.8 Å². The first-order chi connectivity index (χ1) is 8.81. The van der Waals surface area contributed by atoms with Gasteiger partial charge in [0.15, 0.2) is 0 Å². The van der Waals surface area contributed by atoms with Gasteiger partial charge in [-0.1, -0.05) is 0 Å². The van der Waals surface area contributed by atoms with E-state index in [1.165, 1.54) is 17.9 Å². The minimum atomic E-state index is 0.361. The molecule has 1 aliphatic heterocycles. The Morgan fingerprint density at radius 1 is 1.33 bits per heavy atom. The van der Waals surface area contributed by atoms with Crippen molar-refractivity contribution in [1.82, 2.24) is 15.0 Å². The van der Waals surface area contributed by atoms with Gasteiger partial charge in [0.1, 0.15) is 0 Å². The molecule has 1 fully saturated rings. The number of hydrogen-bond donors (Lipinski definition) is 2. The average Bonchev–Trinajstić information content (AvgIpc) is 2.89. The van der Waals surface area contributed by atoms with Crippen LogP contribution in [0.2, 0.25) is 0 Å². The van der Waals surface area contributed by atoms with Gasteiger partial charge in [-0.3, -0.25) is 0 Å². The highest BCUT2D eigenvalue weighted by Crippen LogP contribution is 2.23. The fourth-order valence-electron chi connectivity index (χ4n) is 1.72. The van der Waals surface area contributed by atoms with E-state index in [9.17, 15) is 0 Å². The van der Waals surface area contributed by atoms with Crippen molar-refractivity contribution < 1.29 is 4.74 Å². The van der Waals surface area contributed by atoms with Gasteiger partial charge >= 0.3 is 6.01 Å². The van der Waals surface area contributed by atoms with Crippen LogP contribution < -0.4 is 15.4 Å². The van der Waals surface area contributed by atoms with Crippen molar-refractivity contribution in [2.45, 2.75) is 13.3 Å². The van der Waals surface area contributed by atoms with Crippen LogP contribution in [0.1, 0.15) is 13.3 Å². The molecular weight excluding hydrogens is 250 g/mol. The van der Waals surface area contributed by atoms with E-state index in [1.54, 1.807) is 7.05 Å². The molecule has 2 N–H and O–H groups in total. The van der Waals surface area contributed by atoms with Crippen LogP contribution in [0, 0.1) is 5.92 Å². The summed E-state index contributed by atoms with van der Waals surface area (Å²) in [6, 6.07) is 0.361. The third-order valence-corrected chi connectivity index (χ3v) is 3.92. The Hall–Kier alpha value is -1.24. The largest absolute Gasteiger partial charge is 0.464 e. The van der Waals surface area contributed by atoms with E-state index in [4.69, 9.17) is 4.74 Å². The van der Waals surface area contributed by atoms with Crippen LogP contribution in [0.25, 0.3) is 0 Å². The van der Waals surface area contributed by atoms with E-state index in [2.05, 4.69) is 25.6 Å². The zero-order valence-electron chi connectivity index (χ0n) is 10.8. The van der Waals surface area contributed by atoms with E-state index in [1.807, 2.05) is 18.7 Å². The second-order valence-electron chi connectivity index (χ2n) is 4.06. The minimum Gasteiger partial charge on any atom is -0.464 e. The number of ether oxygens (including phenoxy) is 1. The van der Waals surface area contributed by atoms with Crippen LogP contribution >= 0.6 is 11.8 Å². The molecule has 2 rings (SSSR count). The number of anilines is 2. The maximum absolute atomic E-state index is 5.31. The molecule has 2 heterocycles. The van der Waals surface area contributed by atoms with Crippen molar-refractivity contribution in [3.8, 4) is 6.01 Å². The topological polar surface area (TPSA) is 72.0 Å². The lowest BCUT2D eigenvalue weighted by Crippen LogP contribution is -2.16. The summed E-state index contributed by atoms with van der Waals surface area (Å²) in [6.07, 6.45) is 1.26. The van der Waals surface area contributed by atoms with Crippen molar-refractivity contribution in [3.63, 3.8) is 0 Å². The number of aromatic nitrogens is 3. The van der Waals surface area contributed by atoms with Crippen LogP contribution in [-0.2, 0) is 0 Å². The Bertz CT molecular complexity index is 384. The molecule has 0 radical (unpaired) electrons. The zero-order chi connectivity index (χ0) is 12.8. The van der Waals surface area contributed by atoms with Gasteiger partial charge in [-0.15, -0.1) is 0 Å². The smallest absolute Gasteiger partial charge is 0.323 e. The summed E-state index contributed by atoms with van der Waals surface area (Å²) in [5.41, 5.74) is 0. The first kappa shape index (κ1) is 13.2. The Morgan fingerprint density at radius 2 is 2.17 bits per heavy atom. The van der Waals surface area contributed by atoms with Gasteiger partial charge in [-0.25, -0.2) is 0 Å². The summed E-state index contributed by atoms with van der Waals surface area (Å²) in [7, 11) is 1.78. The Kier molecular flexibility index (Phi) is 4.86. The number of nitrogens with one attached hydrogen (secondary N) is 2. The molecule has 100 valence electrons. The Balaban J connectivity index is 1.98. The van der Waals surface area contributed by atoms with Gasteiger partial charge in [0.2, 0.25) is 11.9 Å². The summed E-state index contributed by atoms with van der Waals surface area (Å²) in [5.74, 6) is 4.29. The maximum atomic E-state index is 5.31. The summed E-state index contributed by atoms with van der Waals surface area (Å²) in [5, 5.41) is 6.17. The predicted octanol–water partition coefficient (Wildman–Crippen LogP) is 1.48. The van der Waals surface area contributed by atoms with E-state index >= 15 is 0 Å². The van der Waals surface area contributed by atoms with Crippen molar-refractivity contribution >= 4 is 23.7 Å². The molecular formula is C11H19N5OS. The molecule has 1 atom stereocenters. The van der Waals surface area contributed by atoms with Crippen molar-refractivity contribution in [2.24, 2.45) is 5.92 Å². The molecule has 1 aromatic rings. The number of nitrogens with zero attached hydrogens (tertiary/aromatic N) is 3. The molecule has 1 aliphatic rings. The van der Waals surface area contributed by atoms with Gasteiger partial charge < -0.3 is 15.4 Å². The van der Waals surface area contributed by atoms with Crippen LogP contribution in [0.3, 0.4) is 0 Å². The number of thioether (sulfide) groups is 1. The van der Waals surface area contributed by atoms with Crippen molar-refractivity contribution in [3.05, 3.63) is 0 Å². The lowest BCUT2D eigenvalue weighted by molar-refractivity contribution is 0.312. The zero-order valence-corrected chi connectivity index (χ0v) is 11.6. The molecule has 18 heavy (non-hydrogen) atoms. The highest BCUT2D eigenvalue weighted by atomic mass is 32.2. The molecule has 1 unspecified atom stereocenters. The second-order valence-corrected chi connectivity index (χ2v) is 5.21. The van der Waals surface area contributed by atoms with Crippen LogP contribution in [0.5, 0.6) is 6.01 Å². The van der Waals surface area contributed by atoms with Gasteiger partial charge in [0.25, 0.3) is 0 Å². The lowest BCUT2D eigenvalue weighted by Gasteiger charge is -2.11. The SMILES string of the molecule is CCOc1nc(NC)nc(NCC2CCSC2)n1. The predicted molar refractivity (Wildman–Crippen MR) is 74.5 cm³/mol. The third kappa shape index (κ3) is 3.63. The molecule has 0 aliphatic carbocycles. The van der Waals surface area contributed by atoms with Gasteiger partial charge in [0.05, 0.1) is 6.61 Å². The quantitative estimate of drug-likeness (QED) is 0.810. The highest BCUT2D eigenvalue weighted by molar-refractivity contribution is 7.99.